The van der Waals surface area contributed by atoms with Crippen LogP contribution in [0.2, 0.25) is 0 Å². The maximum Gasteiger partial charge on any atom is 0.338 e. The molecule has 0 spiro atoms. The fraction of sp³-hybridized carbons (Fsp3) is 0.542. The standard InChI is InChI=1S/C24H29N3O3/c1-16-6-7-26-27(16)21-4-2-20(3-5-21)23(29)30-14-22(28)25-15-24-11-17-8-18(12-24)10-19(9-17)13-24/h2-7,17-19H,8-15H2,1H3,(H,25,28). The van der Waals surface area contributed by atoms with Crippen LogP contribution in [-0.4, -0.2) is 34.8 Å². The van der Waals surface area contributed by atoms with Gasteiger partial charge in [0.05, 0.1) is 11.3 Å². The van der Waals surface area contributed by atoms with Crippen molar-refractivity contribution in [3.8, 4) is 5.69 Å². The van der Waals surface area contributed by atoms with Gasteiger partial charge in [-0.15, -0.1) is 0 Å². The number of ether oxygens (including phenoxy) is 1. The molecule has 4 bridgehead atoms. The summed E-state index contributed by atoms with van der Waals surface area (Å²) in [4.78, 5) is 24.6. The highest BCUT2D eigenvalue weighted by Crippen LogP contribution is 2.59. The quantitative estimate of drug-likeness (QED) is 0.742. The van der Waals surface area contributed by atoms with Crippen molar-refractivity contribution in [2.45, 2.75) is 45.4 Å². The minimum absolute atomic E-state index is 0.206. The predicted octanol–water partition coefficient (Wildman–Crippen LogP) is 3.67. The molecule has 1 N–H and O–H groups in total. The molecule has 4 aliphatic carbocycles. The molecular weight excluding hydrogens is 378 g/mol. The Balaban J connectivity index is 1.11. The van der Waals surface area contributed by atoms with Crippen molar-refractivity contribution in [3.05, 3.63) is 47.8 Å². The number of nitrogens with one attached hydrogen (secondary N) is 1. The lowest BCUT2D eigenvalue weighted by atomic mass is 9.49. The van der Waals surface area contributed by atoms with E-state index in [2.05, 4.69) is 10.4 Å². The zero-order valence-corrected chi connectivity index (χ0v) is 17.5. The Morgan fingerprint density at radius 1 is 1.07 bits per heavy atom. The Kier molecular flexibility index (Phi) is 4.88. The van der Waals surface area contributed by atoms with Gasteiger partial charge in [-0.2, -0.15) is 5.10 Å². The molecule has 1 aromatic heterocycles. The molecule has 0 radical (unpaired) electrons. The van der Waals surface area contributed by atoms with E-state index < -0.39 is 5.97 Å². The molecule has 4 fully saturated rings. The fourth-order valence-electron chi connectivity index (χ4n) is 6.44. The molecule has 4 aliphatic rings. The van der Waals surface area contributed by atoms with E-state index in [1.54, 1.807) is 23.0 Å². The molecule has 30 heavy (non-hydrogen) atoms. The van der Waals surface area contributed by atoms with E-state index in [-0.39, 0.29) is 17.9 Å². The number of aromatic nitrogens is 2. The van der Waals surface area contributed by atoms with Gasteiger partial charge in [0, 0.05) is 18.4 Å². The average molecular weight is 408 g/mol. The summed E-state index contributed by atoms with van der Waals surface area (Å²) in [6.07, 6.45) is 9.67. The van der Waals surface area contributed by atoms with E-state index >= 15 is 0 Å². The first kappa shape index (κ1) is 19.3. The predicted molar refractivity (Wildman–Crippen MR) is 112 cm³/mol. The van der Waals surface area contributed by atoms with Crippen molar-refractivity contribution in [3.63, 3.8) is 0 Å². The van der Waals surface area contributed by atoms with E-state index in [0.717, 1.165) is 35.7 Å². The van der Waals surface area contributed by atoms with E-state index in [1.807, 2.05) is 25.1 Å². The second kappa shape index (κ2) is 7.56. The third-order valence-electron chi connectivity index (χ3n) is 7.34. The highest BCUT2D eigenvalue weighted by atomic mass is 16.5. The lowest BCUT2D eigenvalue weighted by Crippen LogP contribution is -2.51. The lowest BCUT2D eigenvalue weighted by Gasteiger charge is -2.56. The van der Waals surface area contributed by atoms with Gasteiger partial charge in [0.25, 0.3) is 5.91 Å². The number of hydrogen-bond acceptors (Lipinski definition) is 4. The van der Waals surface area contributed by atoms with Crippen molar-refractivity contribution in [1.29, 1.82) is 0 Å². The first-order chi connectivity index (χ1) is 14.5. The van der Waals surface area contributed by atoms with E-state index in [1.165, 1.54) is 38.5 Å². The Morgan fingerprint density at radius 3 is 2.27 bits per heavy atom. The van der Waals surface area contributed by atoms with Gasteiger partial charge in [-0.3, -0.25) is 4.79 Å². The summed E-state index contributed by atoms with van der Waals surface area (Å²) in [6.45, 7) is 2.47. The van der Waals surface area contributed by atoms with E-state index in [4.69, 9.17) is 4.74 Å². The van der Waals surface area contributed by atoms with Crippen molar-refractivity contribution in [2.24, 2.45) is 23.2 Å². The Labute approximate surface area is 177 Å². The SMILES string of the molecule is Cc1ccnn1-c1ccc(C(=O)OCC(=O)NCC23CC4CC(CC(C4)C2)C3)cc1. The number of aryl methyl sites for hydroxylation is 1. The minimum atomic E-state index is -0.483. The monoisotopic (exact) mass is 407 g/mol. The maximum atomic E-state index is 12.3. The first-order valence-corrected chi connectivity index (χ1v) is 11.0. The molecule has 0 saturated heterocycles. The second-order valence-corrected chi connectivity index (χ2v) is 9.70. The highest BCUT2D eigenvalue weighted by Gasteiger charge is 2.50. The molecule has 1 heterocycles. The van der Waals surface area contributed by atoms with Crippen LogP contribution in [0.4, 0.5) is 0 Å². The first-order valence-electron chi connectivity index (χ1n) is 11.0. The normalized spacial score (nSPS) is 29.0. The van der Waals surface area contributed by atoms with Crippen LogP contribution in [0.15, 0.2) is 36.5 Å². The number of carbonyl (C=O) groups is 2. The van der Waals surface area contributed by atoms with Crippen LogP contribution in [0, 0.1) is 30.1 Å². The number of hydrogen-bond donors (Lipinski definition) is 1. The van der Waals surface area contributed by atoms with Gasteiger partial charge in [0.15, 0.2) is 6.61 Å². The van der Waals surface area contributed by atoms with Gasteiger partial charge >= 0.3 is 5.97 Å². The topological polar surface area (TPSA) is 73.2 Å². The van der Waals surface area contributed by atoms with Crippen molar-refractivity contribution in [1.82, 2.24) is 15.1 Å². The summed E-state index contributed by atoms with van der Waals surface area (Å²) in [5.41, 5.74) is 2.61. The number of nitrogens with zero attached hydrogens (tertiary/aromatic N) is 2. The number of carbonyl (C=O) groups excluding carboxylic acids is 2. The third-order valence-corrected chi connectivity index (χ3v) is 7.34. The number of amides is 1. The molecule has 6 rings (SSSR count). The molecule has 6 nitrogen and oxygen atoms in total. The molecular formula is C24H29N3O3. The van der Waals surface area contributed by atoms with Crippen LogP contribution < -0.4 is 5.32 Å². The average Bonchev–Trinajstić information content (AvgIpc) is 3.15. The van der Waals surface area contributed by atoms with Gasteiger partial charge < -0.3 is 10.1 Å². The van der Waals surface area contributed by atoms with Gasteiger partial charge in [-0.1, -0.05) is 0 Å². The molecule has 1 aromatic carbocycles. The van der Waals surface area contributed by atoms with Gasteiger partial charge in [0.2, 0.25) is 0 Å². The maximum absolute atomic E-state index is 12.3. The molecule has 0 aliphatic heterocycles. The third kappa shape index (κ3) is 3.75. The summed E-state index contributed by atoms with van der Waals surface area (Å²) in [5, 5.41) is 7.31. The van der Waals surface area contributed by atoms with E-state index in [0.29, 0.717) is 5.56 Å². The van der Waals surface area contributed by atoms with Crippen molar-refractivity contribution in [2.75, 3.05) is 13.2 Å². The smallest absolute Gasteiger partial charge is 0.338 e. The summed E-state index contributed by atoms with van der Waals surface area (Å²) in [6, 6.07) is 8.97. The summed E-state index contributed by atoms with van der Waals surface area (Å²) >= 11 is 0. The fourth-order valence-corrected chi connectivity index (χ4v) is 6.44. The number of benzene rings is 1. The molecule has 0 atom stereocenters. The largest absolute Gasteiger partial charge is 0.452 e. The Hall–Kier alpha value is -2.63. The van der Waals surface area contributed by atoms with Gasteiger partial charge in [-0.25, -0.2) is 9.48 Å². The van der Waals surface area contributed by atoms with Gasteiger partial charge in [-0.05, 0) is 98.9 Å². The lowest BCUT2D eigenvalue weighted by molar-refractivity contribution is -0.126. The van der Waals surface area contributed by atoms with Gasteiger partial charge in [0.1, 0.15) is 0 Å². The van der Waals surface area contributed by atoms with Crippen LogP contribution in [-0.2, 0) is 9.53 Å². The molecule has 2 aromatic rings. The molecule has 6 heteroatoms. The van der Waals surface area contributed by atoms with Crippen molar-refractivity contribution >= 4 is 11.9 Å². The van der Waals surface area contributed by atoms with Crippen molar-refractivity contribution < 1.29 is 14.3 Å². The van der Waals surface area contributed by atoms with Crippen LogP contribution >= 0.6 is 0 Å². The molecule has 4 saturated carbocycles. The summed E-state index contributed by atoms with van der Waals surface area (Å²) in [5.74, 6) is 1.89. The second-order valence-electron chi connectivity index (χ2n) is 9.70. The van der Waals surface area contributed by atoms with Crippen LogP contribution in [0.5, 0.6) is 0 Å². The highest BCUT2D eigenvalue weighted by molar-refractivity contribution is 5.91. The molecule has 1 amide bonds. The summed E-state index contributed by atoms with van der Waals surface area (Å²) in [7, 11) is 0. The molecule has 158 valence electrons. The number of esters is 1. The van der Waals surface area contributed by atoms with E-state index in [9.17, 15) is 9.59 Å². The van der Waals surface area contributed by atoms with Crippen LogP contribution in [0.3, 0.4) is 0 Å². The Morgan fingerprint density at radius 2 is 1.70 bits per heavy atom. The minimum Gasteiger partial charge on any atom is -0.452 e. The zero-order chi connectivity index (χ0) is 20.7. The molecule has 0 unspecified atom stereocenters. The number of rotatable bonds is 6. The zero-order valence-electron chi connectivity index (χ0n) is 17.5. The van der Waals surface area contributed by atoms with Crippen LogP contribution in [0.25, 0.3) is 5.69 Å². The Bertz CT molecular complexity index is 912. The summed E-state index contributed by atoms with van der Waals surface area (Å²) < 4.78 is 7.04. The van der Waals surface area contributed by atoms with Crippen LogP contribution in [0.1, 0.15) is 54.6 Å².